The van der Waals surface area contributed by atoms with E-state index in [-0.39, 0.29) is 30.1 Å². The quantitative estimate of drug-likeness (QED) is 0.405. The van der Waals surface area contributed by atoms with E-state index in [1.807, 2.05) is 20.8 Å². The Labute approximate surface area is 163 Å². The van der Waals surface area contributed by atoms with Crippen LogP contribution < -0.4 is 5.73 Å². The van der Waals surface area contributed by atoms with E-state index in [0.717, 1.165) is 25.9 Å². The second-order valence-electron chi connectivity index (χ2n) is 7.84. The first kappa shape index (κ1) is 21.3. The molecule has 1 heterocycles. The maximum Gasteiger partial charge on any atom is 0.410 e. The predicted octanol–water partition coefficient (Wildman–Crippen LogP) is 3.05. The molecule has 1 aliphatic carbocycles. The number of carbonyl (C=O) groups is 1. The molecule has 1 saturated heterocycles. The largest absolute Gasteiger partial charge is 0.444 e. The van der Waals surface area contributed by atoms with E-state index in [0.29, 0.717) is 31.0 Å². The summed E-state index contributed by atoms with van der Waals surface area (Å²) in [5.41, 5.74) is 5.65. The van der Waals surface area contributed by atoms with Gasteiger partial charge in [-0.25, -0.2) is 4.79 Å². The van der Waals surface area contributed by atoms with Crippen molar-refractivity contribution in [1.82, 2.24) is 9.80 Å². The molecule has 0 radical (unpaired) electrons. The summed E-state index contributed by atoms with van der Waals surface area (Å²) in [5.74, 6) is 1.28. The van der Waals surface area contributed by atoms with Gasteiger partial charge in [0.25, 0.3) is 0 Å². The van der Waals surface area contributed by atoms with Crippen LogP contribution in [0, 0.1) is 5.92 Å². The van der Waals surface area contributed by atoms with Gasteiger partial charge in [-0.2, -0.15) is 0 Å². The van der Waals surface area contributed by atoms with Gasteiger partial charge in [0.2, 0.25) is 0 Å². The van der Waals surface area contributed by atoms with Crippen LogP contribution in [0.15, 0.2) is 4.99 Å². The van der Waals surface area contributed by atoms with Crippen molar-refractivity contribution in [1.29, 1.82) is 0 Å². The molecule has 0 aromatic heterocycles. The summed E-state index contributed by atoms with van der Waals surface area (Å²) in [7, 11) is 0. The molecule has 6 nitrogen and oxygen atoms in total. The highest BCUT2D eigenvalue weighted by atomic mass is 127. The number of guanidine groups is 1. The van der Waals surface area contributed by atoms with Crippen LogP contribution in [0.2, 0.25) is 0 Å². The number of carbonyl (C=O) groups excluding carboxylic acids is 1. The van der Waals surface area contributed by atoms with Crippen LogP contribution in [0.5, 0.6) is 0 Å². The number of aliphatic imine (C=N–C) groups is 1. The van der Waals surface area contributed by atoms with Crippen LogP contribution in [-0.4, -0.2) is 59.7 Å². The van der Waals surface area contributed by atoms with E-state index in [9.17, 15) is 4.79 Å². The average molecular weight is 452 g/mol. The first-order chi connectivity index (χ1) is 10.8. The third-order valence-corrected chi connectivity index (χ3v) is 4.21. The maximum atomic E-state index is 12.3. The van der Waals surface area contributed by atoms with Gasteiger partial charge in [-0.1, -0.05) is 6.92 Å². The van der Waals surface area contributed by atoms with Gasteiger partial charge in [-0.3, -0.25) is 4.99 Å². The molecular formula is C17H33IN4O2. The van der Waals surface area contributed by atoms with Gasteiger partial charge < -0.3 is 20.3 Å². The standard InChI is InChI=1S/C17H32N4O2.HI/c1-13-6-5-10-20(12-13)15(18)19-9-11-21(14-7-8-14)16(22)23-17(2,3)4;/h13-14H,5-12H2,1-4H3,(H2,18,19);1H. The van der Waals surface area contributed by atoms with Gasteiger partial charge in [-0.05, 0) is 52.4 Å². The first-order valence-electron chi connectivity index (χ1n) is 8.81. The second-order valence-corrected chi connectivity index (χ2v) is 7.84. The van der Waals surface area contributed by atoms with Crippen LogP contribution >= 0.6 is 24.0 Å². The number of halogens is 1. The second kappa shape index (κ2) is 9.10. The van der Waals surface area contributed by atoms with Crippen molar-refractivity contribution in [2.45, 2.75) is 65.0 Å². The molecule has 0 aromatic rings. The van der Waals surface area contributed by atoms with E-state index in [4.69, 9.17) is 10.5 Å². The van der Waals surface area contributed by atoms with E-state index < -0.39 is 5.60 Å². The molecule has 0 bridgehead atoms. The van der Waals surface area contributed by atoms with Gasteiger partial charge in [0.05, 0.1) is 6.54 Å². The first-order valence-corrected chi connectivity index (χ1v) is 8.81. The smallest absolute Gasteiger partial charge is 0.410 e. The van der Waals surface area contributed by atoms with Gasteiger partial charge in [0, 0.05) is 25.7 Å². The SMILES string of the molecule is CC1CCCN(C(N)=NCCN(C(=O)OC(C)(C)C)C2CC2)C1.I. The zero-order valence-electron chi connectivity index (χ0n) is 15.5. The topological polar surface area (TPSA) is 71.2 Å². The Morgan fingerprint density at radius 2 is 2.00 bits per heavy atom. The Bertz CT molecular complexity index is 446. The Balaban J connectivity index is 0.00000288. The van der Waals surface area contributed by atoms with Crippen molar-refractivity contribution in [2.24, 2.45) is 16.6 Å². The fraction of sp³-hybridized carbons (Fsp3) is 0.882. The third kappa shape index (κ3) is 7.03. The molecule has 140 valence electrons. The highest BCUT2D eigenvalue weighted by Gasteiger charge is 2.34. The number of ether oxygens (including phenoxy) is 1. The lowest BCUT2D eigenvalue weighted by Crippen LogP contribution is -2.44. The Morgan fingerprint density at radius 1 is 1.33 bits per heavy atom. The number of hydrogen-bond donors (Lipinski definition) is 1. The predicted molar refractivity (Wildman–Crippen MR) is 108 cm³/mol. The minimum absolute atomic E-state index is 0. The molecule has 1 saturated carbocycles. The van der Waals surface area contributed by atoms with Crippen molar-refractivity contribution in [2.75, 3.05) is 26.2 Å². The minimum Gasteiger partial charge on any atom is -0.444 e. The molecule has 2 fully saturated rings. The number of nitrogens with zero attached hydrogens (tertiary/aromatic N) is 3. The molecule has 2 N–H and O–H groups in total. The summed E-state index contributed by atoms with van der Waals surface area (Å²) in [5, 5.41) is 0. The molecule has 1 atom stereocenters. The summed E-state index contributed by atoms with van der Waals surface area (Å²) in [4.78, 5) is 20.7. The number of likely N-dealkylation sites (tertiary alicyclic amines) is 1. The van der Waals surface area contributed by atoms with Crippen molar-refractivity contribution < 1.29 is 9.53 Å². The monoisotopic (exact) mass is 452 g/mol. The zero-order chi connectivity index (χ0) is 17.0. The zero-order valence-corrected chi connectivity index (χ0v) is 17.8. The van der Waals surface area contributed by atoms with Crippen LogP contribution in [0.4, 0.5) is 4.79 Å². The lowest BCUT2D eigenvalue weighted by molar-refractivity contribution is 0.0240. The highest BCUT2D eigenvalue weighted by molar-refractivity contribution is 14.0. The summed E-state index contributed by atoms with van der Waals surface area (Å²) in [6.07, 6.45) is 4.31. The molecule has 1 amide bonds. The highest BCUT2D eigenvalue weighted by Crippen LogP contribution is 2.28. The van der Waals surface area contributed by atoms with Gasteiger partial charge >= 0.3 is 6.09 Å². The molecule has 0 aromatic carbocycles. The molecule has 7 heteroatoms. The fourth-order valence-corrected chi connectivity index (χ4v) is 2.90. The number of rotatable bonds is 4. The van der Waals surface area contributed by atoms with Crippen molar-refractivity contribution in [3.05, 3.63) is 0 Å². The molecule has 24 heavy (non-hydrogen) atoms. The minimum atomic E-state index is -0.462. The number of hydrogen-bond acceptors (Lipinski definition) is 3. The summed E-state index contributed by atoms with van der Waals surface area (Å²) in [6, 6.07) is 0.316. The number of amides is 1. The summed E-state index contributed by atoms with van der Waals surface area (Å²) >= 11 is 0. The maximum absolute atomic E-state index is 12.3. The third-order valence-electron chi connectivity index (χ3n) is 4.21. The molecule has 2 rings (SSSR count). The van der Waals surface area contributed by atoms with Crippen molar-refractivity contribution in [3.63, 3.8) is 0 Å². The molecule has 0 spiro atoms. The number of nitrogens with two attached hydrogens (primary N) is 1. The van der Waals surface area contributed by atoms with Crippen LogP contribution in [0.25, 0.3) is 0 Å². The fourth-order valence-electron chi connectivity index (χ4n) is 2.90. The summed E-state index contributed by atoms with van der Waals surface area (Å²) < 4.78 is 5.49. The molecule has 1 unspecified atom stereocenters. The lowest BCUT2D eigenvalue weighted by atomic mass is 10.0. The van der Waals surface area contributed by atoms with Gasteiger partial charge in [0.15, 0.2) is 5.96 Å². The van der Waals surface area contributed by atoms with E-state index in [2.05, 4.69) is 16.8 Å². The van der Waals surface area contributed by atoms with Gasteiger partial charge in [-0.15, -0.1) is 24.0 Å². The van der Waals surface area contributed by atoms with Crippen LogP contribution in [0.3, 0.4) is 0 Å². The Kier molecular flexibility index (Phi) is 8.08. The van der Waals surface area contributed by atoms with Crippen LogP contribution in [0.1, 0.15) is 53.4 Å². The Morgan fingerprint density at radius 3 is 2.54 bits per heavy atom. The lowest BCUT2D eigenvalue weighted by Gasteiger charge is -2.32. The summed E-state index contributed by atoms with van der Waals surface area (Å²) in [6.45, 7) is 11.0. The van der Waals surface area contributed by atoms with Gasteiger partial charge in [0.1, 0.15) is 5.60 Å². The normalized spacial score (nSPS) is 21.9. The van der Waals surface area contributed by atoms with Crippen molar-refractivity contribution in [3.8, 4) is 0 Å². The van der Waals surface area contributed by atoms with Crippen molar-refractivity contribution >= 4 is 36.0 Å². The van der Waals surface area contributed by atoms with Crippen LogP contribution in [-0.2, 0) is 4.74 Å². The van der Waals surface area contributed by atoms with E-state index >= 15 is 0 Å². The molecule has 2 aliphatic rings. The van der Waals surface area contributed by atoms with E-state index in [1.165, 1.54) is 12.8 Å². The average Bonchev–Trinajstić information content (AvgIpc) is 3.25. The Hall–Kier alpha value is -0.730. The molecule has 1 aliphatic heterocycles. The van der Waals surface area contributed by atoms with E-state index in [1.54, 1.807) is 4.90 Å². The molecular weight excluding hydrogens is 419 g/mol. The number of piperidine rings is 1.